The molecule has 0 spiro atoms. The van der Waals surface area contributed by atoms with E-state index in [2.05, 4.69) is 44.6 Å². The number of likely N-dealkylation sites (tertiary alicyclic amines) is 1. The van der Waals surface area contributed by atoms with E-state index in [0.717, 1.165) is 40.7 Å². The lowest BCUT2D eigenvalue weighted by atomic mass is 9.99. The molecule has 0 unspecified atom stereocenters. The van der Waals surface area contributed by atoms with Crippen LogP contribution < -0.4 is 0 Å². The van der Waals surface area contributed by atoms with E-state index in [0.29, 0.717) is 11.8 Å². The molecule has 5 rings (SSSR count). The van der Waals surface area contributed by atoms with Gasteiger partial charge in [0.25, 0.3) is 5.89 Å². The standard InChI is InChI=1S/C20H23N5OS/c1-13-7-10-24(11-8-13)12-9-17-22-23-19(26-17)18-14(2)21-20-25(18)15-5-3-4-6-16(15)27-20/h3-6,13H,7-12H2,1-2H3. The van der Waals surface area contributed by atoms with Crippen molar-refractivity contribution in [3.63, 3.8) is 0 Å². The van der Waals surface area contributed by atoms with Gasteiger partial charge >= 0.3 is 0 Å². The highest BCUT2D eigenvalue weighted by Crippen LogP contribution is 2.33. The van der Waals surface area contributed by atoms with Crippen LogP contribution >= 0.6 is 11.3 Å². The van der Waals surface area contributed by atoms with Gasteiger partial charge in [0.2, 0.25) is 5.89 Å². The van der Waals surface area contributed by atoms with Gasteiger partial charge in [-0.3, -0.25) is 4.40 Å². The Labute approximate surface area is 161 Å². The quantitative estimate of drug-likeness (QED) is 0.531. The Bertz CT molecular complexity index is 1090. The van der Waals surface area contributed by atoms with Crippen molar-refractivity contribution in [2.45, 2.75) is 33.1 Å². The molecule has 4 heterocycles. The minimum absolute atomic E-state index is 0.561. The number of aryl methyl sites for hydroxylation is 1. The normalized spacial score (nSPS) is 16.7. The van der Waals surface area contributed by atoms with Crippen LogP contribution in [0.4, 0.5) is 0 Å². The molecule has 0 saturated carbocycles. The summed E-state index contributed by atoms with van der Waals surface area (Å²) in [5.41, 5.74) is 2.97. The molecule has 27 heavy (non-hydrogen) atoms. The number of nitrogens with zero attached hydrogens (tertiary/aromatic N) is 5. The minimum Gasteiger partial charge on any atom is -0.419 e. The number of thiazole rings is 1. The SMILES string of the molecule is Cc1nc2sc3ccccc3n2c1-c1nnc(CCN2CCC(C)CC2)o1. The summed E-state index contributed by atoms with van der Waals surface area (Å²) < 4.78 is 9.39. The van der Waals surface area contributed by atoms with Crippen molar-refractivity contribution in [2.24, 2.45) is 5.92 Å². The molecule has 0 bridgehead atoms. The number of para-hydroxylation sites is 1. The first-order chi connectivity index (χ1) is 13.2. The highest BCUT2D eigenvalue weighted by atomic mass is 32.1. The summed E-state index contributed by atoms with van der Waals surface area (Å²) in [6.07, 6.45) is 3.37. The van der Waals surface area contributed by atoms with Gasteiger partial charge in [-0.1, -0.05) is 30.4 Å². The molecule has 0 N–H and O–H groups in total. The lowest BCUT2D eigenvalue weighted by Crippen LogP contribution is -2.34. The van der Waals surface area contributed by atoms with Crippen LogP contribution in [0, 0.1) is 12.8 Å². The average Bonchev–Trinajstić information content (AvgIpc) is 3.34. The van der Waals surface area contributed by atoms with Crippen molar-refractivity contribution in [1.82, 2.24) is 24.5 Å². The van der Waals surface area contributed by atoms with E-state index in [1.807, 2.05) is 13.0 Å². The fourth-order valence-electron chi connectivity index (χ4n) is 3.86. The molecule has 0 atom stereocenters. The number of rotatable bonds is 4. The molecule has 7 heteroatoms. The predicted octanol–water partition coefficient (Wildman–Crippen LogP) is 4.18. The van der Waals surface area contributed by atoms with Gasteiger partial charge in [0, 0.05) is 13.0 Å². The van der Waals surface area contributed by atoms with Crippen LogP contribution in [0.1, 0.15) is 31.4 Å². The highest BCUT2D eigenvalue weighted by Gasteiger charge is 2.21. The molecule has 1 aliphatic rings. The van der Waals surface area contributed by atoms with E-state index in [-0.39, 0.29) is 0 Å². The Morgan fingerprint density at radius 3 is 2.85 bits per heavy atom. The molecule has 1 fully saturated rings. The third-order valence-electron chi connectivity index (χ3n) is 5.52. The predicted molar refractivity (Wildman–Crippen MR) is 107 cm³/mol. The monoisotopic (exact) mass is 381 g/mol. The van der Waals surface area contributed by atoms with Crippen molar-refractivity contribution in [1.29, 1.82) is 0 Å². The second-order valence-corrected chi connectivity index (χ2v) is 8.52. The second kappa shape index (κ2) is 6.73. The first kappa shape index (κ1) is 16.9. The van der Waals surface area contributed by atoms with Crippen molar-refractivity contribution in [3.05, 3.63) is 35.9 Å². The smallest absolute Gasteiger partial charge is 0.266 e. The van der Waals surface area contributed by atoms with Crippen LogP contribution in [0.5, 0.6) is 0 Å². The van der Waals surface area contributed by atoms with Gasteiger partial charge in [-0.2, -0.15) is 0 Å². The Hall–Kier alpha value is -2.25. The summed E-state index contributed by atoms with van der Waals surface area (Å²) in [7, 11) is 0. The molecule has 0 amide bonds. The van der Waals surface area contributed by atoms with E-state index < -0.39 is 0 Å². The van der Waals surface area contributed by atoms with Gasteiger partial charge in [-0.15, -0.1) is 10.2 Å². The summed E-state index contributed by atoms with van der Waals surface area (Å²) in [4.78, 5) is 8.17. The Morgan fingerprint density at radius 2 is 2.00 bits per heavy atom. The maximum atomic E-state index is 6.04. The summed E-state index contributed by atoms with van der Waals surface area (Å²) in [5.74, 6) is 2.12. The molecule has 3 aromatic heterocycles. The van der Waals surface area contributed by atoms with Crippen molar-refractivity contribution < 1.29 is 4.42 Å². The van der Waals surface area contributed by atoms with Crippen molar-refractivity contribution in [3.8, 4) is 11.6 Å². The zero-order valence-electron chi connectivity index (χ0n) is 15.7. The largest absolute Gasteiger partial charge is 0.419 e. The average molecular weight is 382 g/mol. The van der Waals surface area contributed by atoms with Crippen LogP contribution in [0.2, 0.25) is 0 Å². The number of fused-ring (bicyclic) bond motifs is 3. The van der Waals surface area contributed by atoms with E-state index in [1.165, 1.54) is 30.6 Å². The first-order valence-electron chi connectivity index (χ1n) is 9.61. The first-order valence-corrected chi connectivity index (χ1v) is 10.4. The third kappa shape index (κ3) is 3.04. The number of hydrogen-bond acceptors (Lipinski definition) is 6. The Balaban J connectivity index is 1.42. The zero-order valence-corrected chi connectivity index (χ0v) is 16.5. The molecule has 6 nitrogen and oxygen atoms in total. The second-order valence-electron chi connectivity index (χ2n) is 7.51. The van der Waals surface area contributed by atoms with E-state index in [4.69, 9.17) is 9.40 Å². The maximum Gasteiger partial charge on any atom is 0.266 e. The fraction of sp³-hybridized carbons (Fsp3) is 0.450. The van der Waals surface area contributed by atoms with Gasteiger partial charge in [-0.05, 0) is 50.9 Å². The summed E-state index contributed by atoms with van der Waals surface area (Å²) in [5, 5.41) is 8.64. The van der Waals surface area contributed by atoms with Gasteiger partial charge in [-0.25, -0.2) is 4.98 Å². The zero-order chi connectivity index (χ0) is 18.4. The van der Waals surface area contributed by atoms with E-state index in [9.17, 15) is 0 Å². The number of piperidine rings is 1. The minimum atomic E-state index is 0.561. The summed E-state index contributed by atoms with van der Waals surface area (Å²) >= 11 is 1.68. The van der Waals surface area contributed by atoms with Crippen LogP contribution in [0.3, 0.4) is 0 Å². The number of imidazole rings is 1. The number of hydrogen-bond donors (Lipinski definition) is 0. The molecule has 140 valence electrons. The lowest BCUT2D eigenvalue weighted by molar-refractivity contribution is 0.191. The topological polar surface area (TPSA) is 59.5 Å². The molecule has 1 aromatic carbocycles. The lowest BCUT2D eigenvalue weighted by Gasteiger charge is -2.29. The van der Waals surface area contributed by atoms with Gasteiger partial charge < -0.3 is 9.32 Å². The number of aromatic nitrogens is 4. The molecule has 1 saturated heterocycles. The Morgan fingerprint density at radius 1 is 1.19 bits per heavy atom. The van der Waals surface area contributed by atoms with Crippen LogP contribution in [-0.4, -0.2) is 44.1 Å². The van der Waals surface area contributed by atoms with Crippen LogP contribution in [-0.2, 0) is 6.42 Å². The van der Waals surface area contributed by atoms with Gasteiger partial charge in [0.1, 0.15) is 5.69 Å². The van der Waals surface area contributed by atoms with Gasteiger partial charge in [0.05, 0.1) is 15.9 Å². The molecular formula is C20H23N5OS. The van der Waals surface area contributed by atoms with Gasteiger partial charge in [0.15, 0.2) is 4.96 Å². The van der Waals surface area contributed by atoms with Crippen molar-refractivity contribution in [2.75, 3.05) is 19.6 Å². The summed E-state index contributed by atoms with van der Waals surface area (Å²) in [6.45, 7) is 7.67. The molecule has 1 aliphatic heterocycles. The summed E-state index contributed by atoms with van der Waals surface area (Å²) in [6, 6.07) is 8.33. The van der Waals surface area contributed by atoms with E-state index in [1.54, 1.807) is 11.3 Å². The Kier molecular flexibility index (Phi) is 4.21. The van der Waals surface area contributed by atoms with Crippen LogP contribution in [0.25, 0.3) is 26.8 Å². The van der Waals surface area contributed by atoms with Crippen molar-refractivity contribution >= 4 is 26.5 Å². The molecule has 0 radical (unpaired) electrons. The highest BCUT2D eigenvalue weighted by molar-refractivity contribution is 7.23. The number of benzene rings is 1. The molecular weight excluding hydrogens is 358 g/mol. The molecule has 0 aliphatic carbocycles. The molecule has 4 aromatic rings. The fourth-order valence-corrected chi connectivity index (χ4v) is 4.93. The maximum absolute atomic E-state index is 6.04. The van der Waals surface area contributed by atoms with E-state index >= 15 is 0 Å². The third-order valence-corrected chi connectivity index (χ3v) is 6.54. The van der Waals surface area contributed by atoms with Crippen LogP contribution in [0.15, 0.2) is 28.7 Å².